The Hall–Kier alpha value is -0.870. The summed E-state index contributed by atoms with van der Waals surface area (Å²) in [6, 6.07) is 0. The van der Waals surface area contributed by atoms with Crippen LogP contribution in [0.4, 0.5) is 0 Å². The molecule has 0 amide bonds. The molecule has 1 aliphatic carbocycles. The smallest absolute Gasteiger partial charge is 0.122 e. The molecule has 2 aliphatic rings. The van der Waals surface area contributed by atoms with Crippen LogP contribution in [-0.2, 0) is 13.1 Å². The zero-order chi connectivity index (χ0) is 12.4. The van der Waals surface area contributed by atoms with Crippen molar-refractivity contribution in [2.45, 2.75) is 45.2 Å². The van der Waals surface area contributed by atoms with Crippen LogP contribution in [0, 0.1) is 5.41 Å². The lowest BCUT2D eigenvalue weighted by atomic mass is 9.73. The van der Waals surface area contributed by atoms with Gasteiger partial charge in [-0.25, -0.2) is 4.98 Å². The largest absolute Gasteiger partial charge is 0.333 e. The average Bonchev–Trinajstić information content (AvgIpc) is 2.87. The van der Waals surface area contributed by atoms with Crippen molar-refractivity contribution in [2.75, 3.05) is 19.6 Å². The summed E-state index contributed by atoms with van der Waals surface area (Å²) in [5, 5.41) is 0. The maximum Gasteiger partial charge on any atom is 0.122 e. The van der Waals surface area contributed by atoms with Crippen molar-refractivity contribution in [1.82, 2.24) is 14.5 Å². The van der Waals surface area contributed by atoms with Crippen molar-refractivity contribution < 1.29 is 0 Å². The Morgan fingerprint density at radius 3 is 2.83 bits per heavy atom. The van der Waals surface area contributed by atoms with Crippen LogP contribution in [0.5, 0.6) is 0 Å². The van der Waals surface area contributed by atoms with E-state index in [1.165, 1.54) is 37.9 Å². The summed E-state index contributed by atoms with van der Waals surface area (Å²) < 4.78 is 2.27. The monoisotopic (exact) mass is 248 g/mol. The zero-order valence-electron chi connectivity index (χ0n) is 11.1. The summed E-state index contributed by atoms with van der Waals surface area (Å²) in [4.78, 5) is 6.99. The molecule has 1 aliphatic heterocycles. The van der Waals surface area contributed by atoms with Gasteiger partial charge in [0.25, 0.3) is 0 Å². The molecule has 0 saturated heterocycles. The van der Waals surface area contributed by atoms with Crippen molar-refractivity contribution in [2.24, 2.45) is 11.1 Å². The average molecular weight is 248 g/mol. The topological polar surface area (TPSA) is 47.1 Å². The van der Waals surface area contributed by atoms with Crippen LogP contribution in [0.3, 0.4) is 0 Å². The van der Waals surface area contributed by atoms with Gasteiger partial charge >= 0.3 is 0 Å². The van der Waals surface area contributed by atoms with E-state index in [9.17, 15) is 0 Å². The van der Waals surface area contributed by atoms with E-state index in [2.05, 4.69) is 20.6 Å². The molecule has 4 nitrogen and oxygen atoms in total. The number of rotatable bonds is 3. The molecule has 0 atom stereocenters. The van der Waals surface area contributed by atoms with E-state index < -0.39 is 0 Å². The molecule has 0 aromatic carbocycles. The third-order valence-electron chi connectivity index (χ3n) is 4.73. The van der Waals surface area contributed by atoms with E-state index in [-0.39, 0.29) is 0 Å². The molecule has 0 bridgehead atoms. The Kier molecular flexibility index (Phi) is 3.39. The van der Waals surface area contributed by atoms with Crippen molar-refractivity contribution in [3.63, 3.8) is 0 Å². The van der Waals surface area contributed by atoms with E-state index in [1.807, 2.05) is 6.20 Å². The highest BCUT2D eigenvalue weighted by Crippen LogP contribution is 2.36. The van der Waals surface area contributed by atoms with Gasteiger partial charge in [0.1, 0.15) is 5.82 Å². The molecule has 0 spiro atoms. The van der Waals surface area contributed by atoms with E-state index in [0.717, 1.165) is 32.7 Å². The van der Waals surface area contributed by atoms with Crippen LogP contribution < -0.4 is 5.73 Å². The maximum absolute atomic E-state index is 6.08. The molecule has 3 rings (SSSR count). The van der Waals surface area contributed by atoms with E-state index in [1.54, 1.807) is 0 Å². The van der Waals surface area contributed by atoms with Gasteiger partial charge in [-0.2, -0.15) is 0 Å². The van der Waals surface area contributed by atoms with E-state index >= 15 is 0 Å². The van der Waals surface area contributed by atoms with Gasteiger partial charge in [-0.1, -0.05) is 19.3 Å². The molecular formula is C14H24N4. The Morgan fingerprint density at radius 2 is 2.06 bits per heavy atom. The molecule has 2 heterocycles. The summed E-state index contributed by atoms with van der Waals surface area (Å²) in [5.74, 6) is 1.21. The number of imidazole rings is 1. The van der Waals surface area contributed by atoms with Crippen molar-refractivity contribution in [1.29, 1.82) is 0 Å². The van der Waals surface area contributed by atoms with Gasteiger partial charge < -0.3 is 10.3 Å². The Balaban J connectivity index is 1.66. The van der Waals surface area contributed by atoms with Crippen molar-refractivity contribution >= 4 is 0 Å². The lowest BCUT2D eigenvalue weighted by Gasteiger charge is -2.41. The van der Waals surface area contributed by atoms with Crippen molar-refractivity contribution in [3.05, 3.63) is 18.2 Å². The summed E-state index contributed by atoms with van der Waals surface area (Å²) >= 11 is 0. The van der Waals surface area contributed by atoms with Gasteiger partial charge in [0.05, 0.1) is 6.54 Å². The van der Waals surface area contributed by atoms with Gasteiger partial charge in [0.15, 0.2) is 0 Å². The number of fused-ring (bicyclic) bond motifs is 1. The minimum absolute atomic E-state index is 0.382. The summed E-state index contributed by atoms with van der Waals surface area (Å²) in [6.45, 7) is 5.23. The van der Waals surface area contributed by atoms with Crippen LogP contribution >= 0.6 is 0 Å². The summed E-state index contributed by atoms with van der Waals surface area (Å²) in [7, 11) is 0. The first-order valence-corrected chi connectivity index (χ1v) is 7.24. The molecular weight excluding hydrogens is 224 g/mol. The second kappa shape index (κ2) is 5.02. The molecule has 100 valence electrons. The fourth-order valence-corrected chi connectivity index (χ4v) is 3.56. The van der Waals surface area contributed by atoms with Gasteiger partial charge in [-0.3, -0.25) is 4.90 Å². The second-order valence-corrected chi connectivity index (χ2v) is 6.01. The molecule has 1 aromatic heterocycles. The quantitative estimate of drug-likeness (QED) is 0.884. The SMILES string of the molecule is NCC1(CN2CCn3ccnc3C2)CCCCC1. The predicted molar refractivity (Wildman–Crippen MR) is 72.1 cm³/mol. The van der Waals surface area contributed by atoms with Gasteiger partial charge in [-0.15, -0.1) is 0 Å². The summed E-state index contributed by atoms with van der Waals surface area (Å²) in [5.41, 5.74) is 6.46. The Bertz CT molecular complexity index is 392. The molecule has 2 N–H and O–H groups in total. The highest BCUT2D eigenvalue weighted by Gasteiger charge is 2.33. The molecule has 1 saturated carbocycles. The number of hydrogen-bond donors (Lipinski definition) is 1. The highest BCUT2D eigenvalue weighted by atomic mass is 15.2. The first-order chi connectivity index (χ1) is 8.81. The molecule has 0 unspecified atom stereocenters. The number of nitrogens with zero attached hydrogens (tertiary/aromatic N) is 3. The first-order valence-electron chi connectivity index (χ1n) is 7.24. The second-order valence-electron chi connectivity index (χ2n) is 6.01. The predicted octanol–water partition coefficient (Wildman–Crippen LogP) is 1.61. The fraction of sp³-hybridized carbons (Fsp3) is 0.786. The van der Waals surface area contributed by atoms with Gasteiger partial charge in [0, 0.05) is 32.0 Å². The van der Waals surface area contributed by atoms with Crippen molar-refractivity contribution in [3.8, 4) is 0 Å². The number of nitrogens with two attached hydrogens (primary N) is 1. The lowest BCUT2D eigenvalue weighted by Crippen LogP contribution is -2.46. The molecule has 1 aromatic rings. The van der Waals surface area contributed by atoms with Crippen LogP contribution in [0.15, 0.2) is 12.4 Å². The van der Waals surface area contributed by atoms with Gasteiger partial charge in [-0.05, 0) is 24.8 Å². The Labute approximate surface area is 109 Å². The van der Waals surface area contributed by atoms with E-state index in [0.29, 0.717) is 5.41 Å². The van der Waals surface area contributed by atoms with Crippen LogP contribution in [0.1, 0.15) is 37.9 Å². The lowest BCUT2D eigenvalue weighted by molar-refractivity contribution is 0.0918. The third kappa shape index (κ3) is 2.31. The minimum Gasteiger partial charge on any atom is -0.333 e. The molecule has 1 fully saturated rings. The number of aromatic nitrogens is 2. The Morgan fingerprint density at radius 1 is 1.22 bits per heavy atom. The zero-order valence-corrected chi connectivity index (χ0v) is 11.1. The molecule has 0 radical (unpaired) electrons. The van der Waals surface area contributed by atoms with Crippen LogP contribution in [0.25, 0.3) is 0 Å². The van der Waals surface area contributed by atoms with Gasteiger partial charge in [0.2, 0.25) is 0 Å². The maximum atomic E-state index is 6.08. The molecule has 18 heavy (non-hydrogen) atoms. The fourth-order valence-electron chi connectivity index (χ4n) is 3.56. The normalized spacial score (nSPS) is 23.8. The van der Waals surface area contributed by atoms with Crippen LogP contribution in [-0.4, -0.2) is 34.1 Å². The van der Waals surface area contributed by atoms with E-state index in [4.69, 9.17) is 5.73 Å². The highest BCUT2D eigenvalue weighted by molar-refractivity contribution is 4.97. The first kappa shape index (κ1) is 12.2. The number of hydrogen-bond acceptors (Lipinski definition) is 3. The molecule has 4 heteroatoms. The third-order valence-corrected chi connectivity index (χ3v) is 4.73. The standard InChI is InChI=1S/C14H24N4/c15-11-14(4-2-1-3-5-14)12-17-8-9-18-7-6-16-13(18)10-17/h6-7H,1-5,8-12,15H2. The minimum atomic E-state index is 0.382. The van der Waals surface area contributed by atoms with Crippen LogP contribution in [0.2, 0.25) is 0 Å². The summed E-state index contributed by atoms with van der Waals surface area (Å²) in [6.07, 6.45) is 10.7.